The number of carbonyl (C=O) groups is 1. The van der Waals surface area contributed by atoms with Crippen molar-refractivity contribution < 1.29 is 22.4 Å². The fraction of sp³-hybridized carbons (Fsp3) is 0.235. The molecule has 0 N–H and O–H groups in total. The number of carbonyl (C=O) groups excluding carboxylic acids is 1. The van der Waals surface area contributed by atoms with Crippen molar-refractivity contribution >= 4 is 27.1 Å². The summed E-state index contributed by atoms with van der Waals surface area (Å²) in [6.45, 7) is 3.31. The minimum Gasteiger partial charge on any atom is -0.449 e. The number of nitrogens with zero attached hydrogens (tertiary/aromatic N) is 2. The van der Waals surface area contributed by atoms with Crippen molar-refractivity contribution in [2.75, 3.05) is 6.26 Å². The van der Waals surface area contributed by atoms with Crippen molar-refractivity contribution in [2.24, 2.45) is 0 Å². The Labute approximate surface area is 154 Å². The second-order valence-electron chi connectivity index (χ2n) is 5.72. The maximum Gasteiger partial charge on any atom is 0.339 e. The van der Waals surface area contributed by atoms with Crippen molar-refractivity contribution in [2.45, 2.75) is 24.8 Å². The number of benzene rings is 1. The molecule has 3 aromatic rings. The van der Waals surface area contributed by atoms with Gasteiger partial charge in [-0.25, -0.2) is 13.2 Å². The molecule has 7 nitrogen and oxygen atoms in total. The van der Waals surface area contributed by atoms with Crippen LogP contribution in [0.5, 0.6) is 0 Å². The van der Waals surface area contributed by atoms with E-state index in [1.54, 1.807) is 19.9 Å². The number of thiophene rings is 1. The van der Waals surface area contributed by atoms with Crippen LogP contribution in [0, 0.1) is 6.92 Å². The van der Waals surface area contributed by atoms with Gasteiger partial charge in [0.1, 0.15) is 0 Å². The van der Waals surface area contributed by atoms with E-state index in [0.29, 0.717) is 11.5 Å². The third-order valence-electron chi connectivity index (χ3n) is 3.66. The molecule has 0 radical (unpaired) electrons. The monoisotopic (exact) mass is 392 g/mol. The molecule has 2 heterocycles. The molecular weight excluding hydrogens is 376 g/mol. The molecule has 0 aliphatic carbocycles. The van der Waals surface area contributed by atoms with E-state index in [9.17, 15) is 13.2 Å². The zero-order chi connectivity index (χ0) is 18.9. The molecule has 9 heteroatoms. The first-order valence-electron chi connectivity index (χ1n) is 7.64. The maximum atomic E-state index is 12.5. The van der Waals surface area contributed by atoms with Crippen LogP contribution in [-0.2, 0) is 14.6 Å². The predicted octanol–water partition coefficient (Wildman–Crippen LogP) is 3.43. The van der Waals surface area contributed by atoms with Gasteiger partial charge in [-0.1, -0.05) is 12.1 Å². The molecule has 0 amide bonds. The molecule has 26 heavy (non-hydrogen) atoms. The largest absolute Gasteiger partial charge is 0.449 e. The van der Waals surface area contributed by atoms with E-state index < -0.39 is 21.9 Å². The number of sulfone groups is 1. The highest BCUT2D eigenvalue weighted by Gasteiger charge is 2.22. The van der Waals surface area contributed by atoms with Gasteiger partial charge in [-0.15, -0.1) is 21.5 Å². The molecular formula is C17H16N2O5S2. The van der Waals surface area contributed by atoms with Gasteiger partial charge in [0.2, 0.25) is 0 Å². The van der Waals surface area contributed by atoms with Crippen LogP contribution in [0.4, 0.5) is 0 Å². The zero-order valence-electron chi connectivity index (χ0n) is 14.3. The molecule has 0 aliphatic heterocycles. The number of rotatable bonds is 5. The second-order valence-corrected chi connectivity index (χ2v) is 8.68. The molecule has 0 bridgehead atoms. The summed E-state index contributed by atoms with van der Waals surface area (Å²) in [6.07, 6.45) is 0.310. The minimum atomic E-state index is -3.43. The van der Waals surface area contributed by atoms with Crippen molar-refractivity contribution in [3.63, 3.8) is 0 Å². The van der Waals surface area contributed by atoms with Crippen LogP contribution in [0.15, 0.2) is 45.0 Å². The summed E-state index contributed by atoms with van der Waals surface area (Å²) in [5.41, 5.74) is 0.789. The molecule has 0 aliphatic rings. The second kappa shape index (κ2) is 7.00. The molecule has 136 valence electrons. The Kier molecular flexibility index (Phi) is 4.92. The molecule has 0 saturated heterocycles. The predicted molar refractivity (Wildman–Crippen MR) is 95.7 cm³/mol. The van der Waals surface area contributed by atoms with Crippen molar-refractivity contribution in [1.29, 1.82) is 0 Å². The van der Waals surface area contributed by atoms with Gasteiger partial charge in [-0.05, 0) is 43.0 Å². The van der Waals surface area contributed by atoms with E-state index >= 15 is 0 Å². The summed E-state index contributed by atoms with van der Waals surface area (Å²) >= 11 is 1.46. The van der Waals surface area contributed by atoms with E-state index in [4.69, 9.17) is 9.15 Å². The summed E-state index contributed by atoms with van der Waals surface area (Å²) in [4.78, 5) is 13.3. The Bertz CT molecular complexity index is 1040. The summed E-state index contributed by atoms with van der Waals surface area (Å²) in [5, 5.41) is 9.75. The summed E-state index contributed by atoms with van der Waals surface area (Å²) in [6, 6.07) is 8.05. The van der Waals surface area contributed by atoms with Crippen molar-refractivity contribution in [3.05, 3.63) is 52.7 Å². The number of hydrogen-bond acceptors (Lipinski definition) is 8. The summed E-state index contributed by atoms with van der Waals surface area (Å²) in [7, 11) is -3.43. The third kappa shape index (κ3) is 3.83. The zero-order valence-corrected chi connectivity index (χ0v) is 15.9. The van der Waals surface area contributed by atoms with Gasteiger partial charge in [-0.2, -0.15) is 0 Å². The summed E-state index contributed by atoms with van der Waals surface area (Å²) in [5.74, 6) is -0.136. The van der Waals surface area contributed by atoms with Gasteiger partial charge in [-0.3, -0.25) is 0 Å². The first-order valence-corrected chi connectivity index (χ1v) is 10.4. The number of aryl methyl sites for hydroxylation is 1. The van der Waals surface area contributed by atoms with Crippen molar-refractivity contribution in [3.8, 4) is 10.8 Å². The number of hydrogen-bond donors (Lipinski definition) is 0. The van der Waals surface area contributed by atoms with Crippen LogP contribution in [0.2, 0.25) is 0 Å². The normalized spacial score (nSPS) is 12.7. The van der Waals surface area contributed by atoms with Crippen LogP contribution in [0.3, 0.4) is 0 Å². The topological polar surface area (TPSA) is 99.4 Å². The van der Waals surface area contributed by atoms with E-state index in [1.165, 1.54) is 23.5 Å². The van der Waals surface area contributed by atoms with E-state index in [2.05, 4.69) is 10.2 Å². The molecule has 1 aromatic carbocycles. The van der Waals surface area contributed by atoms with E-state index in [1.807, 2.05) is 17.5 Å². The standard InChI is InChI=1S/C17H16N2O5S2/c1-10-6-7-12(26(3,21)22)9-13(10)17(20)23-11(2)15-18-19-16(24-15)14-5-4-8-25-14/h4-9,11H,1-3H3. The Morgan fingerprint density at radius 2 is 2.04 bits per heavy atom. The first kappa shape index (κ1) is 18.3. The molecule has 0 spiro atoms. The van der Waals surface area contributed by atoms with Crippen LogP contribution in [0.25, 0.3) is 10.8 Å². The third-order valence-corrected chi connectivity index (χ3v) is 5.63. The molecule has 0 fully saturated rings. The van der Waals surface area contributed by atoms with Gasteiger partial charge < -0.3 is 9.15 Å². The highest BCUT2D eigenvalue weighted by molar-refractivity contribution is 7.90. The molecule has 0 saturated carbocycles. The van der Waals surface area contributed by atoms with Gasteiger partial charge in [0.15, 0.2) is 15.9 Å². The van der Waals surface area contributed by atoms with Crippen LogP contribution in [0.1, 0.15) is 34.8 Å². The lowest BCUT2D eigenvalue weighted by Crippen LogP contribution is -2.12. The Balaban J connectivity index is 1.80. The molecule has 3 rings (SSSR count). The first-order chi connectivity index (χ1) is 12.3. The minimum absolute atomic E-state index is 0.0560. The highest BCUT2D eigenvalue weighted by atomic mass is 32.2. The SMILES string of the molecule is Cc1ccc(S(C)(=O)=O)cc1C(=O)OC(C)c1nnc(-c2cccs2)o1. The quantitative estimate of drug-likeness (QED) is 0.613. The van der Waals surface area contributed by atoms with Crippen LogP contribution in [-0.4, -0.2) is 30.8 Å². The Morgan fingerprint density at radius 1 is 1.27 bits per heavy atom. The smallest absolute Gasteiger partial charge is 0.339 e. The Hall–Kier alpha value is -2.52. The number of ether oxygens (including phenoxy) is 1. The summed E-state index contributed by atoms with van der Waals surface area (Å²) < 4.78 is 34.3. The fourth-order valence-electron chi connectivity index (χ4n) is 2.22. The number of aromatic nitrogens is 2. The van der Waals surface area contributed by atoms with E-state index in [0.717, 1.165) is 11.1 Å². The van der Waals surface area contributed by atoms with Gasteiger partial charge >= 0.3 is 5.97 Å². The molecule has 2 aromatic heterocycles. The lowest BCUT2D eigenvalue weighted by atomic mass is 10.1. The van der Waals surface area contributed by atoms with Gasteiger partial charge in [0.05, 0.1) is 15.3 Å². The average Bonchev–Trinajstić information content (AvgIpc) is 3.25. The maximum absolute atomic E-state index is 12.5. The van der Waals surface area contributed by atoms with Crippen LogP contribution >= 0.6 is 11.3 Å². The average molecular weight is 392 g/mol. The lowest BCUT2D eigenvalue weighted by Gasteiger charge is -2.11. The highest BCUT2D eigenvalue weighted by Crippen LogP contribution is 2.26. The molecule has 1 atom stereocenters. The van der Waals surface area contributed by atoms with Crippen molar-refractivity contribution in [1.82, 2.24) is 10.2 Å². The fourth-order valence-corrected chi connectivity index (χ4v) is 3.52. The number of esters is 1. The lowest BCUT2D eigenvalue weighted by molar-refractivity contribution is 0.0279. The Morgan fingerprint density at radius 3 is 2.69 bits per heavy atom. The molecule has 1 unspecified atom stereocenters. The van der Waals surface area contributed by atoms with E-state index in [-0.39, 0.29) is 16.3 Å². The van der Waals surface area contributed by atoms with Gasteiger partial charge in [0.25, 0.3) is 11.8 Å². The van der Waals surface area contributed by atoms with Crippen LogP contribution < -0.4 is 0 Å². The van der Waals surface area contributed by atoms with Gasteiger partial charge in [0, 0.05) is 6.26 Å².